The molecule has 1 aromatic carbocycles. The van der Waals surface area contributed by atoms with Crippen LogP contribution in [0.25, 0.3) is 0 Å². The molecule has 6 heteroatoms. The molecule has 0 saturated heterocycles. The molecule has 1 unspecified atom stereocenters. The summed E-state index contributed by atoms with van der Waals surface area (Å²) >= 11 is 0. The first-order chi connectivity index (χ1) is 11.7. The highest BCUT2D eigenvalue weighted by atomic mass is 16.6. The third kappa shape index (κ3) is 8.98. The lowest BCUT2D eigenvalue weighted by molar-refractivity contribution is 0.0231. The lowest BCUT2D eigenvalue weighted by atomic mass is 10.1. The molecule has 0 aliphatic heterocycles. The van der Waals surface area contributed by atoms with Gasteiger partial charge in [-0.1, -0.05) is 30.3 Å². The monoisotopic (exact) mass is 348 g/mol. The van der Waals surface area contributed by atoms with E-state index in [0.717, 1.165) is 19.4 Å². The predicted octanol–water partition coefficient (Wildman–Crippen LogP) is 2.78. The number of nitrogens with one attached hydrogen (secondary N) is 1. The number of hydrogen-bond acceptors (Lipinski definition) is 3. The number of amides is 1. The SMILES string of the molecule is CC(CCN=C(N)NCCc1ccccc1)N(C)C(=O)OC(C)(C)C. The summed E-state index contributed by atoms with van der Waals surface area (Å²) < 4.78 is 5.36. The van der Waals surface area contributed by atoms with E-state index >= 15 is 0 Å². The first-order valence-electron chi connectivity index (χ1n) is 8.72. The highest BCUT2D eigenvalue weighted by Gasteiger charge is 2.22. The van der Waals surface area contributed by atoms with Gasteiger partial charge in [-0.3, -0.25) is 4.99 Å². The molecule has 3 N–H and O–H groups in total. The Balaban J connectivity index is 2.29. The number of guanidine groups is 1. The van der Waals surface area contributed by atoms with Crippen molar-refractivity contribution < 1.29 is 9.53 Å². The minimum Gasteiger partial charge on any atom is -0.444 e. The predicted molar refractivity (Wildman–Crippen MR) is 103 cm³/mol. The van der Waals surface area contributed by atoms with Gasteiger partial charge in [0.15, 0.2) is 5.96 Å². The van der Waals surface area contributed by atoms with Crippen molar-refractivity contribution in [3.05, 3.63) is 35.9 Å². The minimum atomic E-state index is -0.490. The molecule has 0 heterocycles. The fourth-order valence-electron chi connectivity index (χ4n) is 2.11. The summed E-state index contributed by atoms with van der Waals surface area (Å²) in [5.74, 6) is 0.433. The first kappa shape index (κ1) is 20.8. The van der Waals surface area contributed by atoms with Gasteiger partial charge in [0.25, 0.3) is 0 Å². The quantitative estimate of drug-likeness (QED) is 0.586. The Labute approximate surface area is 151 Å². The fourth-order valence-corrected chi connectivity index (χ4v) is 2.11. The van der Waals surface area contributed by atoms with E-state index in [2.05, 4.69) is 22.4 Å². The third-order valence-electron chi connectivity index (χ3n) is 3.73. The molecule has 0 bridgehead atoms. The number of ether oxygens (including phenoxy) is 1. The second-order valence-corrected chi connectivity index (χ2v) is 7.16. The van der Waals surface area contributed by atoms with Crippen LogP contribution in [0, 0.1) is 0 Å². The van der Waals surface area contributed by atoms with Gasteiger partial charge in [-0.15, -0.1) is 0 Å². The topological polar surface area (TPSA) is 80.0 Å². The Morgan fingerprint density at radius 2 is 1.96 bits per heavy atom. The molecule has 0 aliphatic carbocycles. The van der Waals surface area contributed by atoms with E-state index in [1.54, 1.807) is 11.9 Å². The molecule has 1 rings (SSSR count). The van der Waals surface area contributed by atoms with Gasteiger partial charge >= 0.3 is 6.09 Å². The zero-order chi connectivity index (χ0) is 18.9. The van der Waals surface area contributed by atoms with Crippen LogP contribution in [0.1, 0.15) is 39.7 Å². The van der Waals surface area contributed by atoms with Crippen LogP contribution in [0.5, 0.6) is 0 Å². The molecule has 25 heavy (non-hydrogen) atoms. The summed E-state index contributed by atoms with van der Waals surface area (Å²) in [5.41, 5.74) is 6.65. The number of aliphatic imine (C=N–C) groups is 1. The normalized spacial score (nSPS) is 13.2. The van der Waals surface area contributed by atoms with Gasteiger partial charge < -0.3 is 20.7 Å². The second-order valence-electron chi connectivity index (χ2n) is 7.16. The van der Waals surface area contributed by atoms with Crippen LogP contribution in [0.3, 0.4) is 0 Å². The molecule has 0 saturated carbocycles. The molecule has 0 radical (unpaired) electrons. The lowest BCUT2D eigenvalue weighted by Crippen LogP contribution is -2.40. The maximum atomic E-state index is 12.0. The van der Waals surface area contributed by atoms with E-state index in [1.165, 1.54) is 5.56 Å². The summed E-state index contributed by atoms with van der Waals surface area (Å²) in [7, 11) is 1.74. The highest BCUT2D eigenvalue weighted by Crippen LogP contribution is 2.11. The molecule has 0 aliphatic rings. The molecular weight excluding hydrogens is 316 g/mol. The van der Waals surface area contributed by atoms with Crippen molar-refractivity contribution in [2.45, 2.75) is 52.2 Å². The van der Waals surface area contributed by atoms with Gasteiger partial charge in [-0.05, 0) is 46.1 Å². The lowest BCUT2D eigenvalue weighted by Gasteiger charge is -2.28. The van der Waals surface area contributed by atoms with Crippen molar-refractivity contribution >= 4 is 12.1 Å². The van der Waals surface area contributed by atoms with Gasteiger partial charge in [-0.2, -0.15) is 0 Å². The van der Waals surface area contributed by atoms with E-state index in [4.69, 9.17) is 10.5 Å². The van der Waals surface area contributed by atoms with Gasteiger partial charge in [0, 0.05) is 26.2 Å². The van der Waals surface area contributed by atoms with Crippen LogP contribution in [-0.4, -0.2) is 48.7 Å². The van der Waals surface area contributed by atoms with Crippen LogP contribution in [0.2, 0.25) is 0 Å². The maximum absolute atomic E-state index is 12.0. The molecule has 140 valence electrons. The van der Waals surface area contributed by atoms with Gasteiger partial charge in [0.1, 0.15) is 5.60 Å². The summed E-state index contributed by atoms with van der Waals surface area (Å²) in [6.07, 6.45) is 1.30. The zero-order valence-corrected chi connectivity index (χ0v) is 16.1. The van der Waals surface area contributed by atoms with Crippen LogP contribution in [0.15, 0.2) is 35.3 Å². The largest absolute Gasteiger partial charge is 0.444 e. The van der Waals surface area contributed by atoms with Crippen molar-refractivity contribution in [1.82, 2.24) is 10.2 Å². The molecule has 1 amide bonds. The maximum Gasteiger partial charge on any atom is 0.410 e. The molecular formula is C19H32N4O2. The number of benzene rings is 1. The van der Waals surface area contributed by atoms with Crippen molar-refractivity contribution in [3.63, 3.8) is 0 Å². The summed E-state index contributed by atoms with van der Waals surface area (Å²) in [6, 6.07) is 10.2. The zero-order valence-electron chi connectivity index (χ0n) is 16.1. The van der Waals surface area contributed by atoms with Gasteiger partial charge in [0.2, 0.25) is 0 Å². The standard InChI is InChI=1S/C19H32N4O2/c1-15(23(5)18(24)25-19(2,3)4)11-13-21-17(20)22-14-12-16-9-7-6-8-10-16/h6-10,15H,11-14H2,1-5H3,(H3,20,21,22). The Morgan fingerprint density at radius 3 is 2.56 bits per heavy atom. The number of hydrogen-bond donors (Lipinski definition) is 2. The molecule has 0 spiro atoms. The highest BCUT2D eigenvalue weighted by molar-refractivity contribution is 5.77. The molecule has 0 fully saturated rings. The number of nitrogens with zero attached hydrogens (tertiary/aromatic N) is 2. The third-order valence-corrected chi connectivity index (χ3v) is 3.73. The van der Waals surface area contributed by atoms with Crippen LogP contribution >= 0.6 is 0 Å². The average molecular weight is 348 g/mol. The van der Waals surface area contributed by atoms with E-state index in [0.29, 0.717) is 12.5 Å². The van der Waals surface area contributed by atoms with E-state index < -0.39 is 5.60 Å². The average Bonchev–Trinajstić information content (AvgIpc) is 2.53. The summed E-state index contributed by atoms with van der Waals surface area (Å²) in [6.45, 7) is 8.84. The number of nitrogens with two attached hydrogens (primary N) is 1. The fraction of sp³-hybridized carbons (Fsp3) is 0.579. The number of carbonyl (C=O) groups is 1. The van der Waals surface area contributed by atoms with Crippen molar-refractivity contribution in [2.75, 3.05) is 20.1 Å². The smallest absolute Gasteiger partial charge is 0.410 e. The summed E-state index contributed by atoms with van der Waals surface area (Å²) in [4.78, 5) is 17.9. The number of rotatable bonds is 7. The number of carbonyl (C=O) groups excluding carboxylic acids is 1. The van der Waals surface area contributed by atoms with Crippen molar-refractivity contribution in [3.8, 4) is 0 Å². The molecule has 0 aromatic heterocycles. The second kappa shape index (κ2) is 9.91. The van der Waals surface area contributed by atoms with Crippen molar-refractivity contribution in [1.29, 1.82) is 0 Å². The van der Waals surface area contributed by atoms with Crippen LogP contribution in [0.4, 0.5) is 4.79 Å². The Hall–Kier alpha value is -2.24. The van der Waals surface area contributed by atoms with E-state index in [1.807, 2.05) is 45.9 Å². The van der Waals surface area contributed by atoms with Crippen LogP contribution in [-0.2, 0) is 11.2 Å². The Kier molecular flexibility index (Phi) is 8.25. The van der Waals surface area contributed by atoms with Gasteiger partial charge in [0.05, 0.1) is 0 Å². The Bertz CT molecular complexity index is 552. The molecule has 1 atom stereocenters. The summed E-state index contributed by atoms with van der Waals surface area (Å²) in [5, 5.41) is 3.11. The van der Waals surface area contributed by atoms with Gasteiger partial charge in [-0.25, -0.2) is 4.79 Å². The first-order valence-corrected chi connectivity index (χ1v) is 8.72. The Morgan fingerprint density at radius 1 is 1.32 bits per heavy atom. The van der Waals surface area contributed by atoms with E-state index in [-0.39, 0.29) is 12.1 Å². The molecule has 1 aromatic rings. The van der Waals surface area contributed by atoms with Crippen LogP contribution < -0.4 is 11.1 Å². The van der Waals surface area contributed by atoms with Crippen molar-refractivity contribution in [2.24, 2.45) is 10.7 Å². The van der Waals surface area contributed by atoms with E-state index in [9.17, 15) is 4.79 Å². The molecule has 6 nitrogen and oxygen atoms in total. The minimum absolute atomic E-state index is 0.0238.